The summed E-state index contributed by atoms with van der Waals surface area (Å²) in [6.45, 7) is 0. The molecule has 100 valence electrons. The molecule has 0 heterocycles. The summed E-state index contributed by atoms with van der Waals surface area (Å²) in [5.74, 6) is -1.74. The largest absolute Gasteiger partial charge is 0.399 e. The first-order chi connectivity index (χ1) is 8.87. The molecule has 2 aromatic rings. The van der Waals surface area contributed by atoms with Gasteiger partial charge in [0.15, 0.2) is 0 Å². The Morgan fingerprint density at radius 3 is 2.21 bits per heavy atom. The minimum absolute atomic E-state index is 0.0860. The monoisotopic (exact) mass is 284 g/mol. The van der Waals surface area contributed by atoms with Crippen molar-refractivity contribution in [2.45, 2.75) is 4.90 Å². The summed E-state index contributed by atoms with van der Waals surface area (Å²) in [7, 11) is -3.93. The minimum atomic E-state index is -3.93. The highest BCUT2D eigenvalue weighted by atomic mass is 32.2. The molecule has 0 aliphatic carbocycles. The normalized spacial score (nSPS) is 11.3. The quantitative estimate of drug-likeness (QED) is 0.850. The Balaban J connectivity index is 2.36. The molecule has 19 heavy (non-hydrogen) atoms. The number of rotatable bonds is 3. The molecule has 0 aromatic heterocycles. The summed E-state index contributed by atoms with van der Waals surface area (Å²) < 4.78 is 52.0. The van der Waals surface area contributed by atoms with Crippen molar-refractivity contribution >= 4 is 21.4 Å². The average Bonchev–Trinajstić information content (AvgIpc) is 2.26. The Kier molecular flexibility index (Phi) is 3.39. The first-order valence-electron chi connectivity index (χ1n) is 5.21. The molecular formula is C12H10F2N2O2S. The third kappa shape index (κ3) is 3.19. The molecule has 0 radical (unpaired) electrons. The molecule has 0 saturated carbocycles. The van der Waals surface area contributed by atoms with Crippen LogP contribution >= 0.6 is 0 Å². The molecule has 0 amide bonds. The number of nitrogens with one attached hydrogen (secondary N) is 1. The first-order valence-corrected chi connectivity index (χ1v) is 6.69. The van der Waals surface area contributed by atoms with Gasteiger partial charge in [-0.15, -0.1) is 0 Å². The lowest BCUT2D eigenvalue weighted by atomic mass is 10.3. The van der Waals surface area contributed by atoms with Gasteiger partial charge in [-0.1, -0.05) is 6.07 Å². The van der Waals surface area contributed by atoms with Crippen molar-refractivity contribution in [3.05, 3.63) is 54.1 Å². The summed E-state index contributed by atoms with van der Waals surface area (Å²) in [4.78, 5) is -0.0860. The van der Waals surface area contributed by atoms with E-state index in [-0.39, 0.29) is 16.3 Å². The lowest BCUT2D eigenvalue weighted by molar-refractivity contribution is 0.584. The number of nitrogen functional groups attached to an aromatic ring is 1. The maximum absolute atomic E-state index is 13.0. The second kappa shape index (κ2) is 4.85. The summed E-state index contributed by atoms with van der Waals surface area (Å²) in [5.41, 5.74) is 5.56. The third-order valence-electron chi connectivity index (χ3n) is 2.28. The van der Waals surface area contributed by atoms with E-state index in [4.69, 9.17) is 5.73 Å². The van der Waals surface area contributed by atoms with E-state index < -0.39 is 21.7 Å². The van der Waals surface area contributed by atoms with Crippen LogP contribution in [-0.4, -0.2) is 8.42 Å². The van der Waals surface area contributed by atoms with E-state index in [9.17, 15) is 17.2 Å². The molecule has 4 nitrogen and oxygen atoms in total. The van der Waals surface area contributed by atoms with Crippen molar-refractivity contribution in [3.63, 3.8) is 0 Å². The van der Waals surface area contributed by atoms with E-state index in [1.807, 2.05) is 0 Å². The van der Waals surface area contributed by atoms with Crippen molar-refractivity contribution in [1.29, 1.82) is 0 Å². The predicted octanol–water partition coefficient (Wildman–Crippen LogP) is 2.35. The van der Waals surface area contributed by atoms with E-state index in [2.05, 4.69) is 4.72 Å². The fourth-order valence-electron chi connectivity index (χ4n) is 1.51. The van der Waals surface area contributed by atoms with Crippen LogP contribution < -0.4 is 10.5 Å². The summed E-state index contributed by atoms with van der Waals surface area (Å²) in [5, 5.41) is 0. The number of halogens is 2. The Bertz CT molecular complexity index is 697. The first kappa shape index (κ1) is 13.3. The van der Waals surface area contributed by atoms with Gasteiger partial charge in [-0.25, -0.2) is 17.2 Å². The molecule has 0 unspecified atom stereocenters. The molecule has 0 bridgehead atoms. The topological polar surface area (TPSA) is 72.2 Å². The Morgan fingerprint density at radius 2 is 1.63 bits per heavy atom. The van der Waals surface area contributed by atoms with Crippen LogP contribution in [0.5, 0.6) is 0 Å². The van der Waals surface area contributed by atoms with Gasteiger partial charge in [-0.05, 0) is 30.3 Å². The van der Waals surface area contributed by atoms with Crippen LogP contribution in [0.3, 0.4) is 0 Å². The maximum Gasteiger partial charge on any atom is 0.261 e. The van der Waals surface area contributed by atoms with E-state index in [0.29, 0.717) is 6.07 Å². The molecule has 0 atom stereocenters. The number of anilines is 2. The van der Waals surface area contributed by atoms with Gasteiger partial charge in [-0.2, -0.15) is 0 Å². The number of hydrogen-bond donors (Lipinski definition) is 2. The summed E-state index contributed by atoms with van der Waals surface area (Å²) in [6.07, 6.45) is 0. The van der Waals surface area contributed by atoms with Crippen LogP contribution in [0.15, 0.2) is 47.4 Å². The Hall–Kier alpha value is -2.15. The van der Waals surface area contributed by atoms with Gasteiger partial charge >= 0.3 is 0 Å². The van der Waals surface area contributed by atoms with Crippen molar-refractivity contribution in [2.24, 2.45) is 0 Å². The minimum Gasteiger partial charge on any atom is -0.399 e. The highest BCUT2D eigenvalue weighted by Crippen LogP contribution is 2.19. The molecule has 0 saturated heterocycles. The lowest BCUT2D eigenvalue weighted by Crippen LogP contribution is -2.13. The standard InChI is InChI=1S/C12H10F2N2O2S/c13-8-4-9(14)6-11(5-8)16-19(17,18)12-3-1-2-10(15)7-12/h1-7,16H,15H2. The molecule has 0 aliphatic rings. The van der Waals surface area contributed by atoms with Crippen molar-refractivity contribution < 1.29 is 17.2 Å². The zero-order valence-electron chi connectivity index (χ0n) is 9.60. The number of benzene rings is 2. The maximum atomic E-state index is 13.0. The molecular weight excluding hydrogens is 274 g/mol. The molecule has 0 aliphatic heterocycles. The van der Waals surface area contributed by atoms with Gasteiger partial charge in [0, 0.05) is 11.8 Å². The van der Waals surface area contributed by atoms with Crippen LogP contribution in [0.25, 0.3) is 0 Å². The fraction of sp³-hybridized carbons (Fsp3) is 0. The Labute approximate surface area is 108 Å². The second-order valence-electron chi connectivity index (χ2n) is 3.84. The number of hydrogen-bond acceptors (Lipinski definition) is 3. The molecule has 2 aromatic carbocycles. The summed E-state index contributed by atoms with van der Waals surface area (Å²) >= 11 is 0. The predicted molar refractivity (Wildman–Crippen MR) is 68.0 cm³/mol. The molecule has 0 spiro atoms. The summed E-state index contributed by atoms with van der Waals surface area (Å²) in [6, 6.07) is 7.99. The van der Waals surface area contributed by atoms with E-state index in [1.54, 1.807) is 0 Å². The smallest absolute Gasteiger partial charge is 0.261 e. The van der Waals surface area contributed by atoms with E-state index >= 15 is 0 Å². The van der Waals surface area contributed by atoms with Crippen LogP contribution in [-0.2, 0) is 10.0 Å². The third-order valence-corrected chi connectivity index (χ3v) is 3.66. The number of sulfonamides is 1. The Morgan fingerprint density at radius 1 is 1.00 bits per heavy atom. The SMILES string of the molecule is Nc1cccc(S(=O)(=O)Nc2cc(F)cc(F)c2)c1. The zero-order valence-corrected chi connectivity index (χ0v) is 10.4. The van der Waals surface area contributed by atoms with E-state index in [0.717, 1.165) is 12.1 Å². The zero-order chi connectivity index (χ0) is 14.0. The average molecular weight is 284 g/mol. The number of nitrogens with two attached hydrogens (primary N) is 1. The van der Waals surface area contributed by atoms with Crippen LogP contribution in [0.4, 0.5) is 20.2 Å². The molecule has 7 heteroatoms. The van der Waals surface area contributed by atoms with Gasteiger partial charge in [0.2, 0.25) is 0 Å². The van der Waals surface area contributed by atoms with Gasteiger partial charge in [-0.3, -0.25) is 4.72 Å². The second-order valence-corrected chi connectivity index (χ2v) is 5.52. The van der Waals surface area contributed by atoms with E-state index in [1.165, 1.54) is 24.3 Å². The van der Waals surface area contributed by atoms with Gasteiger partial charge in [0.1, 0.15) is 11.6 Å². The molecule has 3 N–H and O–H groups in total. The van der Waals surface area contributed by atoms with Crippen LogP contribution in [0.2, 0.25) is 0 Å². The van der Waals surface area contributed by atoms with Crippen molar-refractivity contribution in [1.82, 2.24) is 0 Å². The van der Waals surface area contributed by atoms with Gasteiger partial charge in [0.05, 0.1) is 10.6 Å². The molecule has 0 fully saturated rings. The van der Waals surface area contributed by atoms with Gasteiger partial charge in [0.25, 0.3) is 10.0 Å². The van der Waals surface area contributed by atoms with Gasteiger partial charge < -0.3 is 5.73 Å². The molecule has 2 rings (SSSR count). The van der Waals surface area contributed by atoms with Crippen molar-refractivity contribution in [2.75, 3.05) is 10.5 Å². The lowest BCUT2D eigenvalue weighted by Gasteiger charge is -2.08. The highest BCUT2D eigenvalue weighted by Gasteiger charge is 2.15. The van der Waals surface area contributed by atoms with Crippen LogP contribution in [0, 0.1) is 11.6 Å². The van der Waals surface area contributed by atoms with Crippen LogP contribution in [0.1, 0.15) is 0 Å². The van der Waals surface area contributed by atoms with Crippen molar-refractivity contribution in [3.8, 4) is 0 Å². The highest BCUT2D eigenvalue weighted by molar-refractivity contribution is 7.92. The fourth-order valence-corrected chi connectivity index (χ4v) is 2.60.